The highest BCUT2D eigenvalue weighted by molar-refractivity contribution is 7.99. The Balaban J connectivity index is 2.14. The minimum atomic E-state index is -3.48. The van der Waals surface area contributed by atoms with Gasteiger partial charge in [0, 0.05) is 17.0 Å². The summed E-state index contributed by atoms with van der Waals surface area (Å²) < 4.78 is 27.7. The Kier molecular flexibility index (Phi) is 4.99. The zero-order valence-corrected chi connectivity index (χ0v) is 13.6. The van der Waals surface area contributed by atoms with E-state index in [2.05, 4.69) is 11.0 Å². The van der Waals surface area contributed by atoms with Gasteiger partial charge in [-0.25, -0.2) is 13.1 Å². The molecule has 1 aromatic rings. The molecule has 0 saturated heterocycles. The summed E-state index contributed by atoms with van der Waals surface area (Å²) in [6.07, 6.45) is 6.16. The minimum Gasteiger partial charge on any atom is -0.399 e. The topological polar surface area (TPSA) is 72.2 Å². The number of anilines is 1. The van der Waals surface area contributed by atoms with E-state index in [4.69, 9.17) is 5.73 Å². The lowest BCUT2D eigenvalue weighted by Gasteiger charge is -2.28. The largest absolute Gasteiger partial charge is 0.399 e. The Morgan fingerprint density at radius 1 is 1.30 bits per heavy atom. The molecule has 1 fully saturated rings. The molecule has 1 aliphatic rings. The SMILES string of the molecule is CSC1CCCC(NS(=O)(=O)c2cc(C)cc(N)c2)C1. The quantitative estimate of drug-likeness (QED) is 0.838. The summed E-state index contributed by atoms with van der Waals surface area (Å²) in [5, 5.41) is 0.555. The van der Waals surface area contributed by atoms with Gasteiger partial charge in [0.05, 0.1) is 4.90 Å². The van der Waals surface area contributed by atoms with Gasteiger partial charge in [-0.2, -0.15) is 11.8 Å². The average molecular weight is 314 g/mol. The van der Waals surface area contributed by atoms with Crippen LogP contribution in [0.4, 0.5) is 5.69 Å². The van der Waals surface area contributed by atoms with Gasteiger partial charge in [-0.1, -0.05) is 6.42 Å². The van der Waals surface area contributed by atoms with Crippen LogP contribution in [0, 0.1) is 6.92 Å². The molecular weight excluding hydrogens is 292 g/mol. The van der Waals surface area contributed by atoms with Crippen molar-refractivity contribution in [2.45, 2.75) is 48.8 Å². The zero-order chi connectivity index (χ0) is 14.8. The lowest BCUT2D eigenvalue weighted by Crippen LogP contribution is -2.39. The molecule has 1 aromatic carbocycles. The number of nitrogens with one attached hydrogen (secondary N) is 1. The summed E-state index contributed by atoms with van der Waals surface area (Å²) in [4.78, 5) is 0.265. The van der Waals surface area contributed by atoms with E-state index in [1.54, 1.807) is 12.1 Å². The molecule has 20 heavy (non-hydrogen) atoms. The van der Waals surface area contributed by atoms with Crippen molar-refractivity contribution in [1.29, 1.82) is 0 Å². The maximum absolute atomic E-state index is 12.4. The lowest BCUT2D eigenvalue weighted by molar-refractivity contribution is 0.421. The summed E-state index contributed by atoms with van der Waals surface area (Å²) in [6.45, 7) is 1.85. The van der Waals surface area contributed by atoms with Crippen molar-refractivity contribution < 1.29 is 8.42 Å². The van der Waals surface area contributed by atoms with Gasteiger partial charge in [0.2, 0.25) is 10.0 Å². The molecule has 3 N–H and O–H groups in total. The predicted molar refractivity (Wildman–Crippen MR) is 85.5 cm³/mol. The Hall–Kier alpha value is -0.720. The Morgan fingerprint density at radius 2 is 2.05 bits per heavy atom. The third-order valence-electron chi connectivity index (χ3n) is 3.66. The molecule has 1 saturated carbocycles. The van der Waals surface area contributed by atoms with Crippen LogP contribution in [-0.2, 0) is 10.0 Å². The maximum atomic E-state index is 12.4. The molecule has 2 unspecified atom stereocenters. The molecule has 0 aliphatic heterocycles. The molecule has 0 radical (unpaired) electrons. The normalized spacial score (nSPS) is 23.7. The van der Waals surface area contributed by atoms with Gasteiger partial charge in [-0.3, -0.25) is 0 Å². The van der Waals surface area contributed by atoms with E-state index in [1.807, 2.05) is 18.7 Å². The summed E-state index contributed by atoms with van der Waals surface area (Å²) in [7, 11) is -3.48. The van der Waals surface area contributed by atoms with Crippen molar-refractivity contribution in [3.63, 3.8) is 0 Å². The molecule has 6 heteroatoms. The van der Waals surface area contributed by atoms with Gasteiger partial charge >= 0.3 is 0 Å². The van der Waals surface area contributed by atoms with Crippen LogP contribution in [0.3, 0.4) is 0 Å². The van der Waals surface area contributed by atoms with E-state index in [1.165, 1.54) is 12.5 Å². The third kappa shape index (κ3) is 3.90. The fourth-order valence-electron chi connectivity index (χ4n) is 2.69. The first-order chi connectivity index (χ1) is 9.40. The van der Waals surface area contributed by atoms with Crippen LogP contribution in [-0.4, -0.2) is 26.0 Å². The number of hydrogen-bond donors (Lipinski definition) is 2. The van der Waals surface area contributed by atoms with Crippen molar-refractivity contribution in [1.82, 2.24) is 4.72 Å². The van der Waals surface area contributed by atoms with Crippen molar-refractivity contribution in [2.24, 2.45) is 0 Å². The molecule has 0 amide bonds. The maximum Gasteiger partial charge on any atom is 0.240 e. The predicted octanol–water partition coefficient (Wildman–Crippen LogP) is 2.53. The first-order valence-electron chi connectivity index (χ1n) is 6.83. The van der Waals surface area contributed by atoms with E-state index in [0.29, 0.717) is 10.9 Å². The Morgan fingerprint density at radius 3 is 2.70 bits per heavy atom. The Bertz CT molecular complexity index is 552. The van der Waals surface area contributed by atoms with Gasteiger partial charge in [0.25, 0.3) is 0 Å². The van der Waals surface area contributed by atoms with Crippen molar-refractivity contribution >= 4 is 27.5 Å². The summed E-state index contributed by atoms with van der Waals surface area (Å²) >= 11 is 1.82. The van der Waals surface area contributed by atoms with Gasteiger partial charge < -0.3 is 5.73 Å². The number of nitrogen functional groups attached to an aromatic ring is 1. The van der Waals surface area contributed by atoms with Crippen LogP contribution in [0.15, 0.2) is 23.1 Å². The highest BCUT2D eigenvalue weighted by atomic mass is 32.2. The summed E-state index contributed by atoms with van der Waals surface area (Å²) in [6, 6.07) is 4.98. The molecule has 0 heterocycles. The number of rotatable bonds is 4. The molecule has 2 rings (SSSR count). The molecule has 1 aliphatic carbocycles. The van der Waals surface area contributed by atoms with E-state index in [9.17, 15) is 8.42 Å². The number of benzene rings is 1. The second-order valence-electron chi connectivity index (χ2n) is 5.42. The number of thioether (sulfide) groups is 1. The first-order valence-corrected chi connectivity index (χ1v) is 9.60. The molecule has 0 spiro atoms. The van der Waals surface area contributed by atoms with Gasteiger partial charge in [0.15, 0.2) is 0 Å². The van der Waals surface area contributed by atoms with Crippen LogP contribution >= 0.6 is 11.8 Å². The molecule has 2 atom stereocenters. The molecule has 0 aromatic heterocycles. The summed E-state index contributed by atoms with van der Waals surface area (Å²) in [5.41, 5.74) is 7.08. The van der Waals surface area contributed by atoms with Gasteiger partial charge in [0.1, 0.15) is 0 Å². The molecule has 112 valence electrons. The first kappa shape index (κ1) is 15.7. The van der Waals surface area contributed by atoms with Crippen LogP contribution in [0.25, 0.3) is 0 Å². The number of hydrogen-bond acceptors (Lipinski definition) is 4. The second-order valence-corrected chi connectivity index (χ2v) is 8.27. The van der Waals surface area contributed by atoms with Crippen molar-refractivity contribution in [3.05, 3.63) is 23.8 Å². The van der Waals surface area contributed by atoms with Gasteiger partial charge in [-0.05, 0) is 56.2 Å². The lowest BCUT2D eigenvalue weighted by atomic mass is 9.96. The highest BCUT2D eigenvalue weighted by Crippen LogP contribution is 2.28. The molecular formula is C14H22N2O2S2. The van der Waals surface area contributed by atoms with Gasteiger partial charge in [-0.15, -0.1) is 0 Å². The summed E-state index contributed by atoms with van der Waals surface area (Å²) in [5.74, 6) is 0. The minimum absolute atomic E-state index is 0.0351. The zero-order valence-electron chi connectivity index (χ0n) is 11.9. The molecule has 0 bridgehead atoms. The number of sulfonamides is 1. The van der Waals surface area contributed by atoms with E-state index >= 15 is 0 Å². The van der Waals surface area contributed by atoms with E-state index < -0.39 is 10.0 Å². The fourth-order valence-corrected chi connectivity index (χ4v) is 4.93. The van der Waals surface area contributed by atoms with Crippen LogP contribution < -0.4 is 10.5 Å². The van der Waals surface area contributed by atoms with Crippen LogP contribution in [0.1, 0.15) is 31.2 Å². The third-order valence-corrected chi connectivity index (χ3v) is 6.26. The fraction of sp³-hybridized carbons (Fsp3) is 0.571. The van der Waals surface area contributed by atoms with Crippen LogP contribution in [0.2, 0.25) is 0 Å². The second kappa shape index (κ2) is 6.37. The highest BCUT2D eigenvalue weighted by Gasteiger charge is 2.26. The van der Waals surface area contributed by atoms with E-state index in [-0.39, 0.29) is 10.9 Å². The van der Waals surface area contributed by atoms with Crippen LogP contribution in [0.5, 0.6) is 0 Å². The number of nitrogens with two attached hydrogens (primary N) is 1. The van der Waals surface area contributed by atoms with E-state index in [0.717, 1.165) is 24.8 Å². The smallest absolute Gasteiger partial charge is 0.240 e. The number of aryl methyl sites for hydroxylation is 1. The van der Waals surface area contributed by atoms with Crippen molar-refractivity contribution in [2.75, 3.05) is 12.0 Å². The molecule has 4 nitrogen and oxygen atoms in total. The van der Waals surface area contributed by atoms with Crippen molar-refractivity contribution in [3.8, 4) is 0 Å². The monoisotopic (exact) mass is 314 g/mol. The Labute approximate surface area is 125 Å². The standard InChI is InChI=1S/C14H22N2O2S2/c1-10-6-11(15)8-14(7-10)20(17,18)16-12-4-3-5-13(9-12)19-2/h6-8,12-13,16H,3-5,9,15H2,1-2H3. The average Bonchev–Trinajstić information content (AvgIpc) is 2.37.